The van der Waals surface area contributed by atoms with Gasteiger partial charge >= 0.3 is 0 Å². The summed E-state index contributed by atoms with van der Waals surface area (Å²) in [7, 11) is 0. The Morgan fingerprint density at radius 1 is 1.07 bits per heavy atom. The highest BCUT2D eigenvalue weighted by Gasteiger charge is 2.22. The molecule has 28 heavy (non-hydrogen) atoms. The van der Waals surface area contributed by atoms with Crippen LogP contribution < -0.4 is 10.6 Å². The van der Waals surface area contributed by atoms with Crippen LogP contribution in [0.2, 0.25) is 0 Å². The Labute approximate surface area is 168 Å². The predicted octanol–water partition coefficient (Wildman–Crippen LogP) is 4.57. The summed E-state index contributed by atoms with van der Waals surface area (Å²) in [4.78, 5) is 16.5. The number of carbonyl (C=O) groups is 1. The van der Waals surface area contributed by atoms with E-state index in [0.29, 0.717) is 22.5 Å². The molecule has 1 amide bonds. The number of hydrogen-bond acceptors (Lipinski definition) is 6. The molecule has 7 heteroatoms. The molecule has 0 bridgehead atoms. The number of pyridine rings is 1. The molecule has 0 spiro atoms. The zero-order valence-corrected chi connectivity index (χ0v) is 16.4. The van der Waals surface area contributed by atoms with E-state index in [2.05, 4.69) is 56.1 Å². The van der Waals surface area contributed by atoms with E-state index in [-0.39, 0.29) is 5.91 Å². The molecule has 6 nitrogen and oxygen atoms in total. The highest BCUT2D eigenvalue weighted by Crippen LogP contribution is 2.35. The van der Waals surface area contributed by atoms with E-state index in [4.69, 9.17) is 0 Å². The minimum atomic E-state index is -0.227. The van der Waals surface area contributed by atoms with Crippen molar-refractivity contribution in [1.29, 1.82) is 0 Å². The van der Waals surface area contributed by atoms with Crippen LogP contribution in [0.25, 0.3) is 0 Å². The van der Waals surface area contributed by atoms with E-state index in [1.54, 1.807) is 17.8 Å². The molecule has 0 atom stereocenters. The van der Waals surface area contributed by atoms with Crippen molar-refractivity contribution < 1.29 is 4.79 Å². The van der Waals surface area contributed by atoms with E-state index >= 15 is 0 Å². The van der Waals surface area contributed by atoms with Gasteiger partial charge < -0.3 is 5.32 Å². The van der Waals surface area contributed by atoms with Crippen LogP contribution in [-0.4, -0.2) is 27.6 Å². The third-order valence-electron chi connectivity index (χ3n) is 5.30. The molecule has 0 unspecified atom stereocenters. The van der Waals surface area contributed by atoms with Gasteiger partial charge in [-0.05, 0) is 55.2 Å². The van der Waals surface area contributed by atoms with Crippen molar-refractivity contribution >= 4 is 28.2 Å². The van der Waals surface area contributed by atoms with Crippen LogP contribution in [0, 0.1) is 5.92 Å². The van der Waals surface area contributed by atoms with Crippen molar-refractivity contribution in [3.8, 4) is 0 Å². The Balaban J connectivity index is 1.24. The maximum absolute atomic E-state index is 12.1. The fraction of sp³-hybridized carbons (Fsp3) is 0.333. The molecule has 1 saturated carbocycles. The average molecular weight is 394 g/mol. The van der Waals surface area contributed by atoms with Crippen LogP contribution in [0.4, 0.5) is 10.9 Å². The second-order valence-electron chi connectivity index (χ2n) is 7.14. The zero-order valence-electron chi connectivity index (χ0n) is 15.5. The number of nitrogens with one attached hydrogen (secondary N) is 2. The van der Waals surface area contributed by atoms with Crippen molar-refractivity contribution in [2.24, 2.45) is 5.92 Å². The second-order valence-corrected chi connectivity index (χ2v) is 7.97. The Bertz CT molecular complexity index is 875. The van der Waals surface area contributed by atoms with Gasteiger partial charge in [-0.25, -0.2) is 4.98 Å². The summed E-state index contributed by atoms with van der Waals surface area (Å²) in [6.45, 7) is 0.921. The summed E-state index contributed by atoms with van der Waals surface area (Å²) in [6, 6.07) is 14.5. The average Bonchev–Trinajstić information content (AvgIpc) is 3.27. The van der Waals surface area contributed by atoms with E-state index in [1.807, 2.05) is 6.07 Å². The summed E-state index contributed by atoms with van der Waals surface area (Å²) < 4.78 is 0. The number of carbonyl (C=O) groups excluding carboxylic acids is 1. The summed E-state index contributed by atoms with van der Waals surface area (Å²) >= 11 is 1.28. The fourth-order valence-corrected chi connectivity index (χ4v) is 4.14. The number of benzene rings is 1. The zero-order chi connectivity index (χ0) is 19.2. The van der Waals surface area contributed by atoms with Crippen LogP contribution in [0.5, 0.6) is 0 Å². The maximum atomic E-state index is 12.1. The van der Waals surface area contributed by atoms with E-state index in [1.165, 1.54) is 42.6 Å². The number of aromatic nitrogens is 3. The van der Waals surface area contributed by atoms with Crippen molar-refractivity contribution in [3.05, 3.63) is 65.3 Å². The Morgan fingerprint density at radius 3 is 2.57 bits per heavy atom. The first-order chi connectivity index (χ1) is 13.8. The van der Waals surface area contributed by atoms with Crippen LogP contribution in [0.3, 0.4) is 0 Å². The molecule has 1 fully saturated rings. The number of nitrogens with zero attached hydrogens (tertiary/aromatic N) is 3. The third kappa shape index (κ3) is 4.72. The van der Waals surface area contributed by atoms with Gasteiger partial charge in [-0.1, -0.05) is 41.7 Å². The molecule has 3 aromatic rings. The summed E-state index contributed by atoms with van der Waals surface area (Å²) in [5, 5.41) is 14.1. The lowest BCUT2D eigenvalue weighted by Gasteiger charge is -2.29. The summed E-state index contributed by atoms with van der Waals surface area (Å²) in [5.41, 5.74) is 3.55. The molecule has 1 aliphatic carbocycles. The van der Waals surface area contributed by atoms with Crippen molar-refractivity contribution in [2.45, 2.75) is 31.6 Å². The standard InChI is InChI=1S/C21H23N5OS/c27-20(25-21-26-24-14-28-21)18-10-11-19(23-13-18)22-12-15-6-8-17(9-7-15)16-4-2-1-3-5-16/h1-5,10-11,13-15,17H,6-9,12H2,(H,22,23)(H,25,26,27). The van der Waals surface area contributed by atoms with E-state index in [9.17, 15) is 4.79 Å². The van der Waals surface area contributed by atoms with E-state index in [0.717, 1.165) is 12.4 Å². The molecular formula is C21H23N5OS. The van der Waals surface area contributed by atoms with Crippen molar-refractivity contribution in [1.82, 2.24) is 15.2 Å². The molecule has 0 saturated heterocycles. The first kappa shape index (κ1) is 18.6. The molecular weight excluding hydrogens is 370 g/mol. The lowest BCUT2D eigenvalue weighted by atomic mass is 9.79. The molecule has 2 N–H and O–H groups in total. The quantitative estimate of drug-likeness (QED) is 0.641. The number of anilines is 2. The predicted molar refractivity (Wildman–Crippen MR) is 112 cm³/mol. The largest absolute Gasteiger partial charge is 0.370 e. The Morgan fingerprint density at radius 2 is 1.89 bits per heavy atom. The SMILES string of the molecule is O=C(Nc1nncs1)c1ccc(NCC2CCC(c3ccccc3)CC2)nc1. The van der Waals surface area contributed by atoms with Gasteiger partial charge in [0.15, 0.2) is 0 Å². The van der Waals surface area contributed by atoms with Gasteiger partial charge in [-0.15, -0.1) is 10.2 Å². The molecule has 2 aromatic heterocycles. The smallest absolute Gasteiger partial charge is 0.259 e. The minimum absolute atomic E-state index is 0.227. The van der Waals surface area contributed by atoms with Gasteiger partial charge in [-0.3, -0.25) is 10.1 Å². The first-order valence-corrected chi connectivity index (χ1v) is 10.5. The van der Waals surface area contributed by atoms with Gasteiger partial charge in [0.05, 0.1) is 5.56 Å². The highest BCUT2D eigenvalue weighted by molar-refractivity contribution is 7.13. The molecule has 144 valence electrons. The van der Waals surface area contributed by atoms with Crippen LogP contribution in [-0.2, 0) is 0 Å². The van der Waals surface area contributed by atoms with Gasteiger partial charge in [0.1, 0.15) is 11.3 Å². The fourth-order valence-electron chi connectivity index (χ4n) is 3.70. The van der Waals surface area contributed by atoms with Gasteiger partial charge in [0.2, 0.25) is 5.13 Å². The summed E-state index contributed by atoms with van der Waals surface area (Å²) in [6.07, 6.45) is 6.54. The number of amides is 1. The van der Waals surface area contributed by atoms with Crippen molar-refractivity contribution in [3.63, 3.8) is 0 Å². The van der Waals surface area contributed by atoms with Gasteiger partial charge in [-0.2, -0.15) is 0 Å². The second kappa shape index (κ2) is 8.93. The number of hydrogen-bond donors (Lipinski definition) is 2. The Kier molecular flexibility index (Phi) is 5.92. The number of rotatable bonds is 6. The lowest BCUT2D eigenvalue weighted by molar-refractivity contribution is 0.102. The van der Waals surface area contributed by atoms with Crippen molar-refractivity contribution in [2.75, 3.05) is 17.2 Å². The van der Waals surface area contributed by atoms with E-state index < -0.39 is 0 Å². The van der Waals surface area contributed by atoms with Gasteiger partial charge in [0.25, 0.3) is 5.91 Å². The van der Waals surface area contributed by atoms with Crippen LogP contribution >= 0.6 is 11.3 Å². The maximum Gasteiger partial charge on any atom is 0.259 e. The first-order valence-electron chi connectivity index (χ1n) is 9.60. The summed E-state index contributed by atoms with van der Waals surface area (Å²) in [5.74, 6) is 1.94. The molecule has 0 radical (unpaired) electrons. The normalized spacial score (nSPS) is 19.1. The lowest BCUT2D eigenvalue weighted by Crippen LogP contribution is -2.21. The highest BCUT2D eigenvalue weighted by atomic mass is 32.1. The molecule has 1 aliphatic rings. The van der Waals surface area contributed by atoms with Crippen LogP contribution in [0.15, 0.2) is 54.2 Å². The Hall–Kier alpha value is -2.80. The third-order valence-corrected chi connectivity index (χ3v) is 5.90. The molecule has 1 aromatic carbocycles. The molecule has 0 aliphatic heterocycles. The molecule has 2 heterocycles. The monoisotopic (exact) mass is 393 g/mol. The molecule has 4 rings (SSSR count). The minimum Gasteiger partial charge on any atom is -0.370 e. The topological polar surface area (TPSA) is 79.8 Å². The van der Waals surface area contributed by atoms with Gasteiger partial charge in [0, 0.05) is 12.7 Å². The van der Waals surface area contributed by atoms with Crippen LogP contribution in [0.1, 0.15) is 47.5 Å².